The van der Waals surface area contributed by atoms with Crippen LogP contribution in [0.25, 0.3) is 0 Å². The summed E-state index contributed by atoms with van der Waals surface area (Å²) in [5, 5.41) is 6.28. The van der Waals surface area contributed by atoms with Gasteiger partial charge >= 0.3 is 0 Å². The molecule has 2 aromatic carbocycles. The fourth-order valence-corrected chi connectivity index (χ4v) is 2.44. The fraction of sp³-hybridized carbons (Fsp3) is 0.316. The number of hydrogen-bond acceptors (Lipinski definition) is 3. The van der Waals surface area contributed by atoms with E-state index in [1.807, 2.05) is 18.2 Å². The summed E-state index contributed by atoms with van der Waals surface area (Å²) < 4.78 is 37.1. The highest BCUT2D eigenvalue weighted by Gasteiger charge is 2.07. The van der Waals surface area contributed by atoms with E-state index in [1.165, 1.54) is 12.1 Å². The van der Waals surface area contributed by atoms with Crippen molar-refractivity contribution in [1.82, 2.24) is 10.6 Å². The Balaban J connectivity index is 0.00000364. The summed E-state index contributed by atoms with van der Waals surface area (Å²) >= 11 is 0. The van der Waals surface area contributed by atoms with Crippen LogP contribution < -0.4 is 20.1 Å². The Morgan fingerprint density at radius 2 is 1.74 bits per heavy atom. The maximum atomic E-state index is 13.6. The standard InChI is InChI=1S/C19H23F2N3O2.HI/c1-22-19(23-9-8-13-4-6-15(20)10-17(13)21)24-12-14-5-7-16(25-2)11-18(14)26-3;/h4-7,10-11H,8-9,12H2,1-3H3,(H2,22,23,24);1H. The van der Waals surface area contributed by atoms with Gasteiger partial charge in [-0.1, -0.05) is 6.07 Å². The number of rotatable bonds is 7. The first-order valence-corrected chi connectivity index (χ1v) is 8.16. The lowest BCUT2D eigenvalue weighted by Gasteiger charge is -2.14. The molecule has 148 valence electrons. The zero-order chi connectivity index (χ0) is 18.9. The number of nitrogens with zero attached hydrogens (tertiary/aromatic N) is 1. The smallest absolute Gasteiger partial charge is 0.191 e. The number of methoxy groups -OCH3 is 2. The van der Waals surface area contributed by atoms with Crippen LogP contribution in [0.2, 0.25) is 0 Å². The van der Waals surface area contributed by atoms with Crippen molar-refractivity contribution in [1.29, 1.82) is 0 Å². The summed E-state index contributed by atoms with van der Waals surface area (Å²) in [7, 11) is 4.85. The fourth-order valence-electron chi connectivity index (χ4n) is 2.44. The first-order chi connectivity index (χ1) is 12.6. The molecule has 0 fully saturated rings. The average Bonchev–Trinajstić information content (AvgIpc) is 2.65. The van der Waals surface area contributed by atoms with Crippen molar-refractivity contribution in [3.05, 3.63) is 59.2 Å². The van der Waals surface area contributed by atoms with Crippen LogP contribution in [0.15, 0.2) is 41.4 Å². The van der Waals surface area contributed by atoms with Gasteiger partial charge in [-0.05, 0) is 30.2 Å². The van der Waals surface area contributed by atoms with Crippen molar-refractivity contribution in [3.63, 3.8) is 0 Å². The largest absolute Gasteiger partial charge is 0.497 e. The van der Waals surface area contributed by atoms with E-state index in [2.05, 4.69) is 15.6 Å². The summed E-state index contributed by atoms with van der Waals surface area (Å²) in [4.78, 5) is 4.14. The van der Waals surface area contributed by atoms with Gasteiger partial charge in [0.15, 0.2) is 5.96 Å². The molecule has 0 aliphatic rings. The predicted molar refractivity (Wildman–Crippen MR) is 113 cm³/mol. The second-order valence-corrected chi connectivity index (χ2v) is 5.52. The van der Waals surface area contributed by atoms with Gasteiger partial charge in [0, 0.05) is 37.8 Å². The van der Waals surface area contributed by atoms with E-state index < -0.39 is 11.6 Å². The molecule has 0 aliphatic carbocycles. The summed E-state index contributed by atoms with van der Waals surface area (Å²) in [6.45, 7) is 0.958. The molecule has 2 rings (SSSR count). The third-order valence-electron chi connectivity index (χ3n) is 3.87. The number of aliphatic imine (C=N–C) groups is 1. The number of nitrogens with one attached hydrogen (secondary N) is 2. The van der Waals surface area contributed by atoms with Gasteiger partial charge < -0.3 is 20.1 Å². The Morgan fingerprint density at radius 3 is 2.37 bits per heavy atom. The molecule has 0 aromatic heterocycles. The van der Waals surface area contributed by atoms with Gasteiger partial charge in [0.1, 0.15) is 23.1 Å². The minimum Gasteiger partial charge on any atom is -0.497 e. The highest BCUT2D eigenvalue weighted by atomic mass is 127. The highest BCUT2D eigenvalue weighted by Crippen LogP contribution is 2.24. The quantitative estimate of drug-likeness (QED) is 0.354. The lowest BCUT2D eigenvalue weighted by atomic mass is 10.1. The average molecular weight is 491 g/mol. The van der Waals surface area contributed by atoms with Gasteiger partial charge in [-0.25, -0.2) is 8.78 Å². The summed E-state index contributed by atoms with van der Waals surface area (Å²) in [5.41, 5.74) is 1.40. The maximum Gasteiger partial charge on any atom is 0.191 e. The number of ether oxygens (including phenoxy) is 2. The van der Waals surface area contributed by atoms with Crippen LogP contribution in [0.5, 0.6) is 11.5 Å². The van der Waals surface area contributed by atoms with Gasteiger partial charge in [-0.15, -0.1) is 24.0 Å². The third kappa shape index (κ3) is 6.85. The van der Waals surface area contributed by atoms with E-state index in [0.29, 0.717) is 36.8 Å². The molecule has 2 N–H and O–H groups in total. The Morgan fingerprint density at radius 1 is 1.00 bits per heavy atom. The van der Waals surface area contributed by atoms with Crippen LogP contribution in [0.3, 0.4) is 0 Å². The Hall–Kier alpha value is -2.10. The lowest BCUT2D eigenvalue weighted by Crippen LogP contribution is -2.38. The number of benzene rings is 2. The van der Waals surface area contributed by atoms with Crippen molar-refractivity contribution >= 4 is 29.9 Å². The molecule has 0 atom stereocenters. The van der Waals surface area contributed by atoms with Gasteiger partial charge in [-0.3, -0.25) is 4.99 Å². The maximum absolute atomic E-state index is 13.6. The van der Waals surface area contributed by atoms with Crippen molar-refractivity contribution < 1.29 is 18.3 Å². The van der Waals surface area contributed by atoms with Crippen molar-refractivity contribution in [3.8, 4) is 11.5 Å². The van der Waals surface area contributed by atoms with E-state index in [-0.39, 0.29) is 24.0 Å². The Labute approximate surface area is 175 Å². The van der Waals surface area contributed by atoms with Gasteiger partial charge in [-0.2, -0.15) is 0 Å². The van der Waals surface area contributed by atoms with E-state index in [1.54, 1.807) is 21.3 Å². The topological polar surface area (TPSA) is 54.9 Å². The number of halogens is 3. The van der Waals surface area contributed by atoms with Gasteiger partial charge in [0.25, 0.3) is 0 Å². The van der Waals surface area contributed by atoms with Gasteiger partial charge in [0.05, 0.1) is 14.2 Å². The highest BCUT2D eigenvalue weighted by molar-refractivity contribution is 14.0. The second-order valence-electron chi connectivity index (χ2n) is 5.52. The molecule has 0 radical (unpaired) electrons. The third-order valence-corrected chi connectivity index (χ3v) is 3.87. The molecular formula is C19H24F2IN3O2. The van der Waals surface area contributed by atoms with E-state index >= 15 is 0 Å². The molecule has 0 unspecified atom stereocenters. The molecule has 5 nitrogen and oxygen atoms in total. The molecule has 0 heterocycles. The normalized spacial score (nSPS) is 10.8. The van der Waals surface area contributed by atoms with Crippen LogP contribution in [0.4, 0.5) is 8.78 Å². The first kappa shape index (κ1) is 22.9. The monoisotopic (exact) mass is 491 g/mol. The second kappa shape index (κ2) is 11.6. The molecule has 2 aromatic rings. The summed E-state index contributed by atoms with van der Waals surface area (Å²) in [6, 6.07) is 9.16. The molecule has 0 spiro atoms. The first-order valence-electron chi connectivity index (χ1n) is 8.16. The van der Waals surface area contributed by atoms with Crippen LogP contribution in [0.1, 0.15) is 11.1 Å². The van der Waals surface area contributed by atoms with Crippen LogP contribution in [-0.4, -0.2) is 33.8 Å². The molecule has 8 heteroatoms. The molecule has 0 amide bonds. The SMILES string of the molecule is CN=C(NCCc1ccc(F)cc1F)NCc1ccc(OC)cc1OC.I. The number of guanidine groups is 1. The Kier molecular flexibility index (Phi) is 9.84. The molecule has 0 saturated heterocycles. The molecule has 0 saturated carbocycles. The van der Waals surface area contributed by atoms with Crippen molar-refractivity contribution in [2.24, 2.45) is 4.99 Å². The summed E-state index contributed by atoms with van der Waals surface area (Å²) in [6.07, 6.45) is 0.415. The zero-order valence-electron chi connectivity index (χ0n) is 15.5. The van der Waals surface area contributed by atoms with Crippen molar-refractivity contribution in [2.45, 2.75) is 13.0 Å². The van der Waals surface area contributed by atoms with Crippen molar-refractivity contribution in [2.75, 3.05) is 27.8 Å². The number of hydrogen-bond donors (Lipinski definition) is 2. The molecule has 0 aliphatic heterocycles. The zero-order valence-corrected chi connectivity index (χ0v) is 17.8. The van der Waals surface area contributed by atoms with Gasteiger partial charge in [0.2, 0.25) is 0 Å². The van der Waals surface area contributed by atoms with E-state index in [4.69, 9.17) is 9.47 Å². The van der Waals surface area contributed by atoms with Crippen LogP contribution in [-0.2, 0) is 13.0 Å². The molecule has 27 heavy (non-hydrogen) atoms. The molecule has 0 bridgehead atoms. The van der Waals surface area contributed by atoms with E-state index in [0.717, 1.165) is 17.4 Å². The molecular weight excluding hydrogens is 467 g/mol. The minimum atomic E-state index is -0.579. The van der Waals surface area contributed by atoms with Crippen LogP contribution >= 0.6 is 24.0 Å². The summed E-state index contributed by atoms with van der Waals surface area (Å²) in [5.74, 6) is 0.878. The predicted octanol–water partition coefficient (Wildman–Crippen LogP) is 3.51. The van der Waals surface area contributed by atoms with Crippen LogP contribution in [0, 0.1) is 11.6 Å². The Bertz CT molecular complexity index is 773. The lowest BCUT2D eigenvalue weighted by molar-refractivity contribution is 0.390. The van der Waals surface area contributed by atoms with E-state index in [9.17, 15) is 8.78 Å². The minimum absolute atomic E-state index is 0.